The lowest BCUT2D eigenvalue weighted by Gasteiger charge is -2.27. The van der Waals surface area contributed by atoms with Crippen molar-refractivity contribution in [3.05, 3.63) is 17.5 Å². The highest BCUT2D eigenvalue weighted by molar-refractivity contribution is 5.95. The molecule has 21 heavy (non-hydrogen) atoms. The summed E-state index contributed by atoms with van der Waals surface area (Å²) < 4.78 is 10.4. The van der Waals surface area contributed by atoms with E-state index in [0.717, 1.165) is 25.7 Å². The molecule has 0 aromatic carbocycles. The number of ether oxygens (including phenoxy) is 1. The average Bonchev–Trinajstić information content (AvgIpc) is 3.22. The molecule has 2 N–H and O–H groups in total. The topological polar surface area (TPSA) is 102 Å². The standard InChI is InChI=1S/C14H18N2O5/c17-13(10-6-11(21-16-10)8-3-4-8)15-12(14(18)19)9-2-1-5-20-7-9/h6,8-9,12H,1-5,7H2,(H,15,17)(H,18,19). The van der Waals surface area contributed by atoms with Gasteiger partial charge in [-0.1, -0.05) is 5.16 Å². The summed E-state index contributed by atoms with van der Waals surface area (Å²) in [7, 11) is 0. The largest absolute Gasteiger partial charge is 0.480 e. The first-order valence-electron chi connectivity index (χ1n) is 7.23. The van der Waals surface area contributed by atoms with E-state index in [0.29, 0.717) is 24.9 Å². The molecule has 1 aromatic heterocycles. The van der Waals surface area contributed by atoms with Crippen LogP contribution in [-0.2, 0) is 9.53 Å². The van der Waals surface area contributed by atoms with Crippen molar-refractivity contribution in [2.24, 2.45) is 5.92 Å². The van der Waals surface area contributed by atoms with Gasteiger partial charge in [0, 0.05) is 24.5 Å². The SMILES string of the molecule is O=C(NC(C(=O)O)C1CCCOC1)c1cc(C2CC2)on1. The fraction of sp³-hybridized carbons (Fsp3) is 0.643. The molecular formula is C14H18N2O5. The van der Waals surface area contributed by atoms with Gasteiger partial charge in [0.2, 0.25) is 0 Å². The predicted octanol–water partition coefficient (Wildman–Crippen LogP) is 1.16. The molecule has 2 atom stereocenters. The summed E-state index contributed by atoms with van der Waals surface area (Å²) in [5.74, 6) is -0.711. The van der Waals surface area contributed by atoms with Crippen molar-refractivity contribution < 1.29 is 24.0 Å². The number of carboxylic acids is 1. The van der Waals surface area contributed by atoms with E-state index in [2.05, 4.69) is 10.5 Å². The summed E-state index contributed by atoms with van der Waals surface area (Å²) in [6, 6.07) is 0.641. The first-order chi connectivity index (χ1) is 10.1. The van der Waals surface area contributed by atoms with Gasteiger partial charge in [-0.3, -0.25) is 4.79 Å². The van der Waals surface area contributed by atoms with Gasteiger partial charge in [0.05, 0.1) is 6.61 Å². The van der Waals surface area contributed by atoms with Crippen LogP contribution in [0, 0.1) is 5.92 Å². The zero-order valence-corrected chi connectivity index (χ0v) is 11.6. The van der Waals surface area contributed by atoms with Crippen LogP contribution < -0.4 is 5.32 Å². The molecule has 1 amide bonds. The minimum atomic E-state index is -1.05. The van der Waals surface area contributed by atoms with E-state index in [4.69, 9.17) is 9.26 Å². The van der Waals surface area contributed by atoms with Crippen LogP contribution in [0.2, 0.25) is 0 Å². The minimum Gasteiger partial charge on any atom is -0.480 e. The van der Waals surface area contributed by atoms with Gasteiger partial charge in [-0.15, -0.1) is 0 Å². The molecule has 0 spiro atoms. The second kappa shape index (κ2) is 5.85. The predicted molar refractivity (Wildman–Crippen MR) is 70.9 cm³/mol. The van der Waals surface area contributed by atoms with Crippen LogP contribution in [0.25, 0.3) is 0 Å². The van der Waals surface area contributed by atoms with Crippen LogP contribution in [0.15, 0.2) is 10.6 Å². The quantitative estimate of drug-likeness (QED) is 0.845. The number of hydrogen-bond acceptors (Lipinski definition) is 5. The highest BCUT2D eigenvalue weighted by Crippen LogP contribution is 2.40. The molecule has 2 fully saturated rings. The van der Waals surface area contributed by atoms with E-state index in [1.165, 1.54) is 0 Å². The van der Waals surface area contributed by atoms with Gasteiger partial charge in [-0.05, 0) is 25.7 Å². The van der Waals surface area contributed by atoms with Crippen molar-refractivity contribution in [3.8, 4) is 0 Å². The second-order valence-electron chi connectivity index (χ2n) is 5.66. The Hall–Kier alpha value is -1.89. The van der Waals surface area contributed by atoms with Crippen LogP contribution in [0.1, 0.15) is 47.8 Å². The molecule has 7 heteroatoms. The lowest BCUT2D eigenvalue weighted by Crippen LogP contribution is -2.48. The van der Waals surface area contributed by atoms with E-state index in [1.54, 1.807) is 6.07 Å². The van der Waals surface area contributed by atoms with Gasteiger partial charge in [0.15, 0.2) is 5.69 Å². The fourth-order valence-corrected chi connectivity index (χ4v) is 2.58. The van der Waals surface area contributed by atoms with E-state index >= 15 is 0 Å². The van der Waals surface area contributed by atoms with Gasteiger partial charge in [-0.2, -0.15) is 0 Å². The first kappa shape index (κ1) is 14.1. The zero-order chi connectivity index (χ0) is 14.8. The average molecular weight is 294 g/mol. The van der Waals surface area contributed by atoms with Gasteiger partial charge in [0.25, 0.3) is 5.91 Å². The Labute approximate surface area is 121 Å². The number of carbonyl (C=O) groups excluding carboxylic acids is 1. The maximum atomic E-state index is 12.1. The zero-order valence-electron chi connectivity index (χ0n) is 11.6. The Kier molecular flexibility index (Phi) is 3.92. The van der Waals surface area contributed by atoms with Crippen LogP contribution in [0.4, 0.5) is 0 Å². The first-order valence-corrected chi connectivity index (χ1v) is 7.23. The smallest absolute Gasteiger partial charge is 0.326 e. The maximum absolute atomic E-state index is 12.1. The number of nitrogens with one attached hydrogen (secondary N) is 1. The highest BCUT2D eigenvalue weighted by Gasteiger charge is 2.33. The van der Waals surface area contributed by atoms with Crippen molar-refractivity contribution in [2.45, 2.75) is 37.6 Å². The number of aliphatic carboxylic acids is 1. The third kappa shape index (κ3) is 3.24. The Morgan fingerprint density at radius 3 is 2.81 bits per heavy atom. The highest BCUT2D eigenvalue weighted by atomic mass is 16.5. The van der Waals surface area contributed by atoms with Crippen LogP contribution in [-0.4, -0.2) is 41.4 Å². The van der Waals surface area contributed by atoms with Crippen molar-refractivity contribution in [1.82, 2.24) is 10.5 Å². The lowest BCUT2D eigenvalue weighted by molar-refractivity contribution is -0.142. The number of amides is 1. The molecule has 2 unspecified atom stereocenters. The van der Waals surface area contributed by atoms with Crippen LogP contribution in [0.5, 0.6) is 0 Å². The Morgan fingerprint density at radius 1 is 1.38 bits per heavy atom. The molecule has 0 radical (unpaired) electrons. The second-order valence-corrected chi connectivity index (χ2v) is 5.66. The third-order valence-electron chi connectivity index (χ3n) is 3.96. The Morgan fingerprint density at radius 2 is 2.19 bits per heavy atom. The number of carbonyl (C=O) groups is 2. The number of aromatic nitrogens is 1. The molecule has 3 rings (SSSR count). The van der Waals surface area contributed by atoms with Gasteiger partial charge in [0.1, 0.15) is 11.8 Å². The molecule has 2 aliphatic rings. The van der Waals surface area contributed by atoms with Crippen molar-refractivity contribution in [3.63, 3.8) is 0 Å². The van der Waals surface area contributed by atoms with Crippen LogP contribution >= 0.6 is 0 Å². The number of hydrogen-bond donors (Lipinski definition) is 2. The minimum absolute atomic E-state index is 0.139. The lowest BCUT2D eigenvalue weighted by atomic mass is 9.93. The summed E-state index contributed by atoms with van der Waals surface area (Å²) in [6.07, 6.45) is 3.63. The van der Waals surface area contributed by atoms with E-state index < -0.39 is 17.9 Å². The van der Waals surface area contributed by atoms with E-state index in [-0.39, 0.29) is 11.6 Å². The fourth-order valence-electron chi connectivity index (χ4n) is 2.58. The number of nitrogens with zero attached hydrogens (tertiary/aromatic N) is 1. The molecule has 1 saturated heterocycles. The Bertz CT molecular complexity index is 531. The van der Waals surface area contributed by atoms with Gasteiger partial charge >= 0.3 is 5.97 Å². The van der Waals surface area contributed by atoms with E-state index in [9.17, 15) is 14.7 Å². The summed E-state index contributed by atoms with van der Waals surface area (Å²) >= 11 is 0. The molecular weight excluding hydrogens is 276 g/mol. The molecule has 1 saturated carbocycles. The van der Waals surface area contributed by atoms with Crippen LogP contribution in [0.3, 0.4) is 0 Å². The third-order valence-corrected chi connectivity index (χ3v) is 3.96. The maximum Gasteiger partial charge on any atom is 0.326 e. The molecule has 1 aliphatic carbocycles. The van der Waals surface area contributed by atoms with Gasteiger partial charge < -0.3 is 19.7 Å². The molecule has 7 nitrogen and oxygen atoms in total. The van der Waals surface area contributed by atoms with Crippen molar-refractivity contribution in [2.75, 3.05) is 13.2 Å². The van der Waals surface area contributed by atoms with Crippen molar-refractivity contribution >= 4 is 11.9 Å². The van der Waals surface area contributed by atoms with Crippen molar-refractivity contribution in [1.29, 1.82) is 0 Å². The summed E-state index contributed by atoms with van der Waals surface area (Å²) in [4.78, 5) is 23.5. The molecule has 2 heterocycles. The summed E-state index contributed by atoms with van der Waals surface area (Å²) in [5, 5.41) is 15.6. The molecule has 1 aliphatic heterocycles. The monoisotopic (exact) mass is 294 g/mol. The molecule has 0 bridgehead atoms. The number of carboxylic acid groups (broad SMARTS) is 1. The normalized spacial score (nSPS) is 23.5. The van der Waals surface area contributed by atoms with Gasteiger partial charge in [-0.25, -0.2) is 4.79 Å². The Balaban J connectivity index is 1.65. The number of rotatable bonds is 5. The summed E-state index contributed by atoms with van der Waals surface area (Å²) in [6.45, 7) is 0.994. The van der Waals surface area contributed by atoms with E-state index in [1.807, 2.05) is 0 Å². The molecule has 114 valence electrons. The summed E-state index contributed by atoms with van der Waals surface area (Å²) in [5.41, 5.74) is 0.139. The molecule has 1 aromatic rings.